The number of rotatable bonds is 4. The zero-order valence-electron chi connectivity index (χ0n) is 14.9. The molecule has 1 aliphatic heterocycles. The summed E-state index contributed by atoms with van der Waals surface area (Å²) in [7, 11) is 1.59. The second-order valence-electron chi connectivity index (χ2n) is 6.10. The number of nitrogens with two attached hydrogens (primary N) is 1. The van der Waals surface area contributed by atoms with Gasteiger partial charge >= 0.3 is 0 Å². The van der Waals surface area contributed by atoms with Gasteiger partial charge in [0, 0.05) is 43.7 Å². The zero-order chi connectivity index (χ0) is 18.7. The van der Waals surface area contributed by atoms with E-state index in [0.29, 0.717) is 49.7 Å². The maximum Gasteiger partial charge on any atom is 0.273 e. The van der Waals surface area contributed by atoms with E-state index in [1.165, 1.54) is 11.3 Å². The third kappa shape index (κ3) is 3.71. The van der Waals surface area contributed by atoms with E-state index in [1.807, 2.05) is 13.0 Å². The maximum absolute atomic E-state index is 12.7. The summed E-state index contributed by atoms with van der Waals surface area (Å²) in [5.41, 5.74) is 7.56. The van der Waals surface area contributed by atoms with Gasteiger partial charge in [-0.1, -0.05) is 6.07 Å². The molecule has 0 atom stereocenters. The lowest BCUT2D eigenvalue weighted by molar-refractivity contribution is 0.0532. The Balaban J connectivity index is 1.62. The second kappa shape index (κ2) is 7.84. The molecular formula is C18H22N4O3S. The second-order valence-corrected chi connectivity index (χ2v) is 7.04. The number of thiazole rings is 1. The van der Waals surface area contributed by atoms with E-state index in [0.717, 1.165) is 10.6 Å². The molecular weight excluding hydrogens is 352 g/mol. The summed E-state index contributed by atoms with van der Waals surface area (Å²) in [5, 5.41) is 2.48. The maximum atomic E-state index is 12.7. The van der Waals surface area contributed by atoms with E-state index < -0.39 is 0 Å². The topological polar surface area (TPSA) is 88.8 Å². The average Bonchev–Trinajstić information content (AvgIpc) is 3.16. The molecule has 7 nitrogen and oxygen atoms in total. The van der Waals surface area contributed by atoms with Crippen LogP contribution in [-0.2, 0) is 6.54 Å². The fraction of sp³-hybridized carbons (Fsp3) is 0.389. The summed E-state index contributed by atoms with van der Waals surface area (Å²) < 4.78 is 5.29. The molecule has 0 bridgehead atoms. The van der Waals surface area contributed by atoms with Crippen molar-refractivity contribution in [1.82, 2.24) is 14.8 Å². The summed E-state index contributed by atoms with van der Waals surface area (Å²) in [4.78, 5) is 33.0. The lowest BCUT2D eigenvalue weighted by Gasteiger charge is -2.34. The van der Waals surface area contributed by atoms with Crippen LogP contribution in [0, 0.1) is 6.92 Å². The van der Waals surface area contributed by atoms with E-state index in [2.05, 4.69) is 4.98 Å². The highest BCUT2D eigenvalue weighted by molar-refractivity contribution is 7.09. The van der Waals surface area contributed by atoms with Gasteiger partial charge in [-0.25, -0.2) is 4.98 Å². The van der Waals surface area contributed by atoms with Gasteiger partial charge in [-0.3, -0.25) is 9.59 Å². The van der Waals surface area contributed by atoms with Gasteiger partial charge in [0.15, 0.2) is 0 Å². The first kappa shape index (κ1) is 18.3. The summed E-state index contributed by atoms with van der Waals surface area (Å²) in [5.74, 6) is 0.545. The SMILES string of the molecule is COc1cc(C(=O)N2CCN(C(=O)c3csc(CN)n3)CC2)ccc1C. The molecule has 0 aliphatic carbocycles. The number of nitrogens with zero attached hydrogens (tertiary/aromatic N) is 3. The number of piperazine rings is 1. The van der Waals surface area contributed by atoms with Crippen LogP contribution in [0.4, 0.5) is 0 Å². The van der Waals surface area contributed by atoms with Crippen LogP contribution in [0.3, 0.4) is 0 Å². The summed E-state index contributed by atoms with van der Waals surface area (Å²) in [6, 6.07) is 5.45. The van der Waals surface area contributed by atoms with E-state index >= 15 is 0 Å². The molecule has 1 fully saturated rings. The molecule has 26 heavy (non-hydrogen) atoms. The molecule has 0 unspecified atom stereocenters. The van der Waals surface area contributed by atoms with Crippen molar-refractivity contribution < 1.29 is 14.3 Å². The molecule has 1 aliphatic rings. The number of aromatic nitrogens is 1. The first-order chi connectivity index (χ1) is 12.5. The number of aryl methyl sites for hydroxylation is 1. The number of carbonyl (C=O) groups excluding carboxylic acids is 2. The zero-order valence-corrected chi connectivity index (χ0v) is 15.7. The smallest absolute Gasteiger partial charge is 0.273 e. The van der Waals surface area contributed by atoms with Crippen molar-refractivity contribution in [1.29, 1.82) is 0 Å². The molecule has 2 amide bonds. The number of ether oxygens (including phenoxy) is 1. The Bertz CT molecular complexity index is 813. The van der Waals surface area contributed by atoms with Crippen LogP contribution in [0.2, 0.25) is 0 Å². The van der Waals surface area contributed by atoms with Crippen molar-refractivity contribution in [3.8, 4) is 5.75 Å². The minimum Gasteiger partial charge on any atom is -0.496 e. The van der Waals surface area contributed by atoms with E-state index in [1.54, 1.807) is 34.4 Å². The monoisotopic (exact) mass is 374 g/mol. The largest absolute Gasteiger partial charge is 0.496 e. The Morgan fingerprint density at radius 1 is 1.19 bits per heavy atom. The highest BCUT2D eigenvalue weighted by Gasteiger charge is 2.26. The van der Waals surface area contributed by atoms with Gasteiger partial charge in [0.1, 0.15) is 16.5 Å². The molecule has 8 heteroatoms. The van der Waals surface area contributed by atoms with Gasteiger partial charge in [-0.15, -0.1) is 11.3 Å². The lowest BCUT2D eigenvalue weighted by atomic mass is 10.1. The molecule has 0 saturated carbocycles. The van der Waals surface area contributed by atoms with Gasteiger partial charge in [0.25, 0.3) is 11.8 Å². The molecule has 1 saturated heterocycles. The fourth-order valence-electron chi connectivity index (χ4n) is 2.91. The van der Waals surface area contributed by atoms with Crippen molar-refractivity contribution in [2.75, 3.05) is 33.3 Å². The van der Waals surface area contributed by atoms with E-state index in [-0.39, 0.29) is 11.8 Å². The van der Waals surface area contributed by atoms with E-state index in [9.17, 15) is 9.59 Å². The minimum atomic E-state index is -0.106. The molecule has 3 rings (SSSR count). The number of carbonyl (C=O) groups is 2. The Morgan fingerprint density at radius 2 is 1.85 bits per heavy atom. The number of hydrogen-bond donors (Lipinski definition) is 1. The van der Waals surface area contributed by atoms with Crippen molar-refractivity contribution >= 4 is 23.2 Å². The fourth-order valence-corrected chi connectivity index (χ4v) is 3.56. The molecule has 1 aromatic carbocycles. The lowest BCUT2D eigenvalue weighted by Crippen LogP contribution is -2.50. The van der Waals surface area contributed by atoms with Crippen LogP contribution in [0.5, 0.6) is 5.75 Å². The average molecular weight is 374 g/mol. The number of amides is 2. The van der Waals surface area contributed by atoms with Gasteiger partial charge in [0.05, 0.1) is 7.11 Å². The van der Waals surface area contributed by atoms with Crippen LogP contribution in [-0.4, -0.2) is 59.9 Å². The van der Waals surface area contributed by atoms with Crippen molar-refractivity contribution in [3.63, 3.8) is 0 Å². The first-order valence-corrected chi connectivity index (χ1v) is 9.29. The molecule has 2 N–H and O–H groups in total. The van der Waals surface area contributed by atoms with Crippen LogP contribution in [0.25, 0.3) is 0 Å². The van der Waals surface area contributed by atoms with Crippen LogP contribution >= 0.6 is 11.3 Å². The summed E-state index contributed by atoms with van der Waals surface area (Å²) in [6.07, 6.45) is 0. The van der Waals surface area contributed by atoms with Gasteiger partial charge in [0.2, 0.25) is 0 Å². The van der Waals surface area contributed by atoms with Gasteiger partial charge in [-0.2, -0.15) is 0 Å². The molecule has 2 heterocycles. The van der Waals surface area contributed by atoms with Crippen molar-refractivity contribution in [3.05, 3.63) is 45.4 Å². The third-order valence-corrected chi connectivity index (χ3v) is 5.33. The Hall–Kier alpha value is -2.45. The molecule has 1 aromatic heterocycles. The summed E-state index contributed by atoms with van der Waals surface area (Å²) in [6.45, 7) is 4.24. The molecule has 138 valence electrons. The molecule has 0 spiro atoms. The standard InChI is InChI=1S/C18H22N4O3S/c1-12-3-4-13(9-15(12)25-2)17(23)21-5-7-22(8-6-21)18(24)14-11-26-16(10-19)20-14/h3-4,9,11H,5-8,10,19H2,1-2H3. The van der Waals surface area contributed by atoms with E-state index in [4.69, 9.17) is 10.5 Å². The predicted molar refractivity (Wildman–Crippen MR) is 99.5 cm³/mol. The summed E-state index contributed by atoms with van der Waals surface area (Å²) >= 11 is 1.39. The Kier molecular flexibility index (Phi) is 5.53. The highest BCUT2D eigenvalue weighted by Crippen LogP contribution is 2.21. The number of benzene rings is 1. The normalized spacial score (nSPS) is 14.4. The van der Waals surface area contributed by atoms with Gasteiger partial charge in [-0.05, 0) is 24.6 Å². The first-order valence-electron chi connectivity index (χ1n) is 8.41. The molecule has 0 radical (unpaired) electrons. The van der Waals surface area contributed by atoms with Gasteiger partial charge < -0.3 is 20.3 Å². The highest BCUT2D eigenvalue weighted by atomic mass is 32.1. The number of methoxy groups -OCH3 is 1. The van der Waals surface area contributed by atoms with Crippen molar-refractivity contribution in [2.45, 2.75) is 13.5 Å². The van der Waals surface area contributed by atoms with Crippen LogP contribution < -0.4 is 10.5 Å². The van der Waals surface area contributed by atoms with Crippen LogP contribution in [0.15, 0.2) is 23.6 Å². The third-order valence-electron chi connectivity index (χ3n) is 4.45. The Labute approximate surface area is 156 Å². The quantitative estimate of drug-likeness (QED) is 0.876. The minimum absolute atomic E-state index is 0.0468. The van der Waals surface area contributed by atoms with Crippen molar-refractivity contribution in [2.24, 2.45) is 5.73 Å². The Morgan fingerprint density at radius 3 is 2.42 bits per heavy atom. The number of hydrogen-bond acceptors (Lipinski definition) is 6. The molecule has 2 aromatic rings. The van der Waals surface area contributed by atoms with Crippen LogP contribution in [0.1, 0.15) is 31.4 Å². The predicted octanol–water partition coefficient (Wildman–Crippen LogP) is 1.52.